The van der Waals surface area contributed by atoms with Gasteiger partial charge in [0, 0.05) is 23.5 Å². The summed E-state index contributed by atoms with van der Waals surface area (Å²) in [6, 6.07) is 21.1. The highest BCUT2D eigenvalue weighted by Gasteiger charge is 2.47. The van der Waals surface area contributed by atoms with Crippen molar-refractivity contribution in [3.05, 3.63) is 94.0 Å². The average Bonchev–Trinajstić information content (AvgIpc) is 3.39. The molecule has 0 saturated heterocycles. The summed E-state index contributed by atoms with van der Waals surface area (Å²) in [7, 11) is 0. The minimum absolute atomic E-state index is 0.132. The van der Waals surface area contributed by atoms with Crippen LogP contribution in [0.1, 0.15) is 28.5 Å². The maximum atomic E-state index is 13.6. The van der Waals surface area contributed by atoms with Crippen molar-refractivity contribution in [2.45, 2.75) is 32.1 Å². The molecule has 0 spiro atoms. The van der Waals surface area contributed by atoms with E-state index in [2.05, 4.69) is 5.32 Å². The lowest BCUT2D eigenvalue weighted by atomic mass is 9.93. The Kier molecular flexibility index (Phi) is 5.27. The number of halogens is 1. The Hall–Kier alpha value is -3.09. The third kappa shape index (κ3) is 3.59. The number of amides is 2. The van der Waals surface area contributed by atoms with E-state index in [1.165, 1.54) is 0 Å². The lowest BCUT2D eigenvalue weighted by Crippen LogP contribution is -2.63. The number of rotatable bonds is 5. The van der Waals surface area contributed by atoms with Crippen molar-refractivity contribution in [2.75, 3.05) is 0 Å². The molecule has 3 heterocycles. The number of hydrogen-bond donors (Lipinski definition) is 1. The SMILES string of the molecule is CC1(C(=O)NCc2ccc(Cl)cc2)Cn2c(cc3ccsc32)C(=O)N1Cc1ccccc1. The number of carbonyl (C=O) groups is 2. The van der Waals surface area contributed by atoms with Gasteiger partial charge in [0.2, 0.25) is 5.91 Å². The molecule has 0 bridgehead atoms. The molecule has 1 aliphatic rings. The van der Waals surface area contributed by atoms with Crippen molar-refractivity contribution in [2.24, 2.45) is 0 Å². The van der Waals surface area contributed by atoms with E-state index in [1.54, 1.807) is 28.4 Å². The number of aromatic nitrogens is 1. The van der Waals surface area contributed by atoms with Gasteiger partial charge < -0.3 is 14.8 Å². The van der Waals surface area contributed by atoms with E-state index in [9.17, 15) is 9.59 Å². The maximum Gasteiger partial charge on any atom is 0.271 e. The van der Waals surface area contributed by atoms with Gasteiger partial charge in [0.05, 0.1) is 6.54 Å². The third-order valence-corrected chi connectivity index (χ3v) is 7.27. The van der Waals surface area contributed by atoms with Gasteiger partial charge in [0.15, 0.2) is 0 Å². The Balaban J connectivity index is 1.49. The second-order valence-corrected chi connectivity index (χ2v) is 9.59. The number of thiophene rings is 1. The largest absolute Gasteiger partial charge is 0.350 e. The van der Waals surface area contributed by atoms with E-state index >= 15 is 0 Å². The van der Waals surface area contributed by atoms with E-state index in [4.69, 9.17) is 11.6 Å². The molecular formula is C25H22ClN3O2S. The van der Waals surface area contributed by atoms with Crippen LogP contribution in [-0.4, -0.2) is 26.8 Å². The molecule has 1 atom stereocenters. The highest BCUT2D eigenvalue weighted by atomic mass is 35.5. The van der Waals surface area contributed by atoms with E-state index in [0.717, 1.165) is 21.3 Å². The summed E-state index contributed by atoms with van der Waals surface area (Å²) in [5, 5.41) is 6.74. The first kappa shape index (κ1) is 20.8. The lowest BCUT2D eigenvalue weighted by molar-refractivity contribution is -0.133. The minimum Gasteiger partial charge on any atom is -0.350 e. The van der Waals surface area contributed by atoms with Gasteiger partial charge >= 0.3 is 0 Å². The summed E-state index contributed by atoms with van der Waals surface area (Å²) < 4.78 is 1.99. The Morgan fingerprint density at radius 3 is 2.59 bits per heavy atom. The molecule has 2 aromatic heterocycles. The average molecular weight is 464 g/mol. The molecule has 5 rings (SSSR count). The highest BCUT2D eigenvalue weighted by molar-refractivity contribution is 7.16. The summed E-state index contributed by atoms with van der Waals surface area (Å²) in [6.45, 7) is 2.99. The number of benzene rings is 2. The molecule has 1 aliphatic heterocycles. The van der Waals surface area contributed by atoms with Crippen molar-refractivity contribution in [1.29, 1.82) is 0 Å². The number of carbonyl (C=O) groups excluding carboxylic acids is 2. The lowest BCUT2D eigenvalue weighted by Gasteiger charge is -2.44. The second kappa shape index (κ2) is 8.11. The molecule has 32 heavy (non-hydrogen) atoms. The zero-order valence-electron chi connectivity index (χ0n) is 17.5. The molecule has 4 aromatic rings. The van der Waals surface area contributed by atoms with Crippen LogP contribution in [0.5, 0.6) is 0 Å². The molecule has 2 aromatic carbocycles. The van der Waals surface area contributed by atoms with Crippen molar-refractivity contribution in [3.63, 3.8) is 0 Å². The van der Waals surface area contributed by atoms with Crippen LogP contribution >= 0.6 is 22.9 Å². The van der Waals surface area contributed by atoms with Crippen molar-refractivity contribution >= 4 is 45.0 Å². The Morgan fingerprint density at radius 2 is 1.84 bits per heavy atom. The monoisotopic (exact) mass is 463 g/mol. The molecule has 0 fully saturated rings. The van der Waals surface area contributed by atoms with E-state index in [1.807, 2.05) is 71.5 Å². The van der Waals surface area contributed by atoms with E-state index in [0.29, 0.717) is 30.4 Å². The maximum absolute atomic E-state index is 13.6. The summed E-state index contributed by atoms with van der Waals surface area (Å²) in [6.07, 6.45) is 0. The fourth-order valence-corrected chi connectivity index (χ4v) is 5.27. The number of fused-ring (bicyclic) bond motifs is 3. The smallest absolute Gasteiger partial charge is 0.271 e. The summed E-state index contributed by atoms with van der Waals surface area (Å²) >= 11 is 7.56. The Morgan fingerprint density at radius 1 is 1.09 bits per heavy atom. The Labute approximate surface area is 195 Å². The first-order valence-corrected chi connectivity index (χ1v) is 11.7. The van der Waals surface area contributed by atoms with Crippen LogP contribution in [0.15, 0.2) is 72.1 Å². The first-order valence-electron chi connectivity index (χ1n) is 10.4. The molecule has 2 amide bonds. The van der Waals surface area contributed by atoms with Gasteiger partial charge in [-0.15, -0.1) is 11.3 Å². The zero-order valence-corrected chi connectivity index (χ0v) is 19.1. The Bertz CT molecular complexity index is 1300. The van der Waals surface area contributed by atoms with Crippen LogP contribution < -0.4 is 5.32 Å². The van der Waals surface area contributed by atoms with Gasteiger partial charge in [0.1, 0.15) is 16.1 Å². The third-order valence-electron chi connectivity index (χ3n) is 6.07. The molecule has 162 valence electrons. The van der Waals surface area contributed by atoms with Gasteiger partial charge in [-0.3, -0.25) is 9.59 Å². The van der Waals surface area contributed by atoms with Gasteiger partial charge in [-0.05, 0) is 47.7 Å². The van der Waals surface area contributed by atoms with Crippen molar-refractivity contribution in [3.8, 4) is 0 Å². The molecule has 0 aliphatic carbocycles. The number of nitrogens with one attached hydrogen (secondary N) is 1. The molecule has 1 unspecified atom stereocenters. The minimum atomic E-state index is -1.04. The van der Waals surface area contributed by atoms with Gasteiger partial charge in [-0.1, -0.05) is 54.1 Å². The van der Waals surface area contributed by atoms with E-state index < -0.39 is 5.54 Å². The van der Waals surface area contributed by atoms with Gasteiger partial charge in [-0.2, -0.15) is 0 Å². The number of nitrogens with zero attached hydrogens (tertiary/aromatic N) is 2. The van der Waals surface area contributed by atoms with Crippen LogP contribution in [0.25, 0.3) is 10.2 Å². The summed E-state index contributed by atoms with van der Waals surface area (Å²) in [5.41, 5.74) is 1.53. The van der Waals surface area contributed by atoms with Gasteiger partial charge in [-0.25, -0.2) is 0 Å². The standard InChI is InChI=1S/C25H22ClN3O2S/c1-25(24(31)27-14-17-7-9-20(26)10-8-17)16-28-21(13-19-11-12-32-23(19)28)22(30)29(25)15-18-5-3-2-4-6-18/h2-13H,14-16H2,1H3,(H,27,31). The summed E-state index contributed by atoms with van der Waals surface area (Å²) in [5.74, 6) is -0.312. The molecular weight excluding hydrogens is 442 g/mol. The van der Waals surface area contributed by atoms with Crippen LogP contribution in [0.2, 0.25) is 5.02 Å². The van der Waals surface area contributed by atoms with Gasteiger partial charge in [0.25, 0.3) is 5.91 Å². The molecule has 0 radical (unpaired) electrons. The van der Waals surface area contributed by atoms with Crippen LogP contribution in [0.3, 0.4) is 0 Å². The van der Waals surface area contributed by atoms with Crippen LogP contribution in [-0.2, 0) is 24.4 Å². The zero-order chi connectivity index (χ0) is 22.3. The van der Waals surface area contributed by atoms with Crippen LogP contribution in [0.4, 0.5) is 0 Å². The highest BCUT2D eigenvalue weighted by Crippen LogP contribution is 2.35. The predicted molar refractivity (Wildman–Crippen MR) is 128 cm³/mol. The fraction of sp³-hybridized carbons (Fsp3) is 0.200. The van der Waals surface area contributed by atoms with Crippen molar-refractivity contribution in [1.82, 2.24) is 14.8 Å². The number of hydrogen-bond acceptors (Lipinski definition) is 3. The molecule has 1 N–H and O–H groups in total. The normalized spacial score (nSPS) is 18.1. The quantitative estimate of drug-likeness (QED) is 0.448. The van der Waals surface area contributed by atoms with E-state index in [-0.39, 0.29) is 11.8 Å². The topological polar surface area (TPSA) is 54.3 Å². The molecule has 5 nitrogen and oxygen atoms in total. The second-order valence-electron chi connectivity index (χ2n) is 8.26. The molecule has 7 heteroatoms. The van der Waals surface area contributed by atoms with Crippen molar-refractivity contribution < 1.29 is 9.59 Å². The predicted octanol–water partition coefficient (Wildman–Crippen LogP) is 5.09. The first-order chi connectivity index (χ1) is 15.5. The summed E-state index contributed by atoms with van der Waals surface area (Å²) in [4.78, 5) is 29.9. The van der Waals surface area contributed by atoms with Crippen LogP contribution in [0, 0.1) is 0 Å². The molecule has 0 saturated carbocycles. The fourth-order valence-electron chi connectivity index (χ4n) is 4.25.